The first-order valence-corrected chi connectivity index (χ1v) is 5.84. The molecule has 2 rings (SSSR count). The van der Waals surface area contributed by atoms with Crippen LogP contribution in [0.2, 0.25) is 0 Å². The van der Waals surface area contributed by atoms with Gasteiger partial charge in [-0.2, -0.15) is 0 Å². The van der Waals surface area contributed by atoms with Crippen molar-refractivity contribution < 1.29 is 0 Å². The van der Waals surface area contributed by atoms with E-state index in [4.69, 9.17) is 5.73 Å². The maximum atomic E-state index is 5.74. The Hall–Kier alpha value is -0.0800. The maximum absolute atomic E-state index is 5.74. The lowest BCUT2D eigenvalue weighted by atomic mass is 9.96. The van der Waals surface area contributed by atoms with E-state index in [1.165, 1.54) is 51.6 Å². The summed E-state index contributed by atoms with van der Waals surface area (Å²) in [5.74, 6) is 0.786. The fourth-order valence-electron chi connectivity index (χ4n) is 2.89. The summed E-state index contributed by atoms with van der Waals surface area (Å²) in [7, 11) is 0. The highest BCUT2D eigenvalue weighted by Crippen LogP contribution is 2.27. The number of piperidine rings is 1. The van der Waals surface area contributed by atoms with E-state index in [1.54, 1.807) is 0 Å². The standard InChI is InChI=1S/C11H22N2/c12-8-10-4-3-7-13(9-10)11-5-1-2-6-11/h10-11H,1-9,12H2. The molecule has 2 N–H and O–H groups in total. The van der Waals surface area contributed by atoms with Crippen molar-refractivity contribution in [2.24, 2.45) is 11.7 Å². The van der Waals surface area contributed by atoms with Gasteiger partial charge in [-0.25, -0.2) is 0 Å². The van der Waals surface area contributed by atoms with Crippen LogP contribution in [0.5, 0.6) is 0 Å². The molecule has 0 spiro atoms. The molecule has 2 aliphatic rings. The van der Waals surface area contributed by atoms with Gasteiger partial charge in [-0.05, 0) is 44.7 Å². The Labute approximate surface area is 81.5 Å². The van der Waals surface area contributed by atoms with Gasteiger partial charge in [0.2, 0.25) is 0 Å². The van der Waals surface area contributed by atoms with E-state index in [1.807, 2.05) is 0 Å². The number of nitrogens with two attached hydrogens (primary N) is 1. The van der Waals surface area contributed by atoms with E-state index in [0.29, 0.717) is 0 Å². The van der Waals surface area contributed by atoms with Crippen LogP contribution < -0.4 is 5.73 Å². The third kappa shape index (κ3) is 2.23. The molecular formula is C11H22N2. The van der Waals surface area contributed by atoms with Crippen molar-refractivity contribution in [1.29, 1.82) is 0 Å². The van der Waals surface area contributed by atoms with Crippen molar-refractivity contribution in [2.75, 3.05) is 19.6 Å². The van der Waals surface area contributed by atoms with Gasteiger partial charge in [0.15, 0.2) is 0 Å². The molecule has 1 saturated carbocycles. The lowest BCUT2D eigenvalue weighted by molar-refractivity contribution is 0.128. The van der Waals surface area contributed by atoms with Crippen LogP contribution in [-0.4, -0.2) is 30.6 Å². The first-order valence-electron chi connectivity index (χ1n) is 5.84. The summed E-state index contributed by atoms with van der Waals surface area (Å²) in [6.45, 7) is 3.51. The molecule has 0 aromatic heterocycles. The summed E-state index contributed by atoms with van der Waals surface area (Å²) in [6, 6.07) is 0.911. The molecule has 2 heteroatoms. The van der Waals surface area contributed by atoms with Crippen molar-refractivity contribution in [3.8, 4) is 0 Å². The quantitative estimate of drug-likeness (QED) is 0.703. The number of rotatable bonds is 2. The molecule has 1 unspecified atom stereocenters. The van der Waals surface area contributed by atoms with Gasteiger partial charge in [-0.3, -0.25) is 0 Å². The topological polar surface area (TPSA) is 29.3 Å². The molecule has 0 aromatic carbocycles. The van der Waals surface area contributed by atoms with E-state index >= 15 is 0 Å². The van der Waals surface area contributed by atoms with Crippen LogP contribution in [0.4, 0.5) is 0 Å². The van der Waals surface area contributed by atoms with Crippen molar-refractivity contribution in [3.63, 3.8) is 0 Å². The van der Waals surface area contributed by atoms with Crippen LogP contribution in [0.25, 0.3) is 0 Å². The summed E-state index contributed by atoms with van der Waals surface area (Å²) in [6.07, 6.45) is 8.52. The Morgan fingerprint density at radius 3 is 2.54 bits per heavy atom. The van der Waals surface area contributed by atoms with Crippen LogP contribution in [0.15, 0.2) is 0 Å². The second-order valence-corrected chi connectivity index (χ2v) is 4.68. The molecule has 1 aliphatic carbocycles. The van der Waals surface area contributed by atoms with Crippen LogP contribution >= 0.6 is 0 Å². The second kappa shape index (κ2) is 4.43. The minimum Gasteiger partial charge on any atom is -0.330 e. The normalized spacial score (nSPS) is 32.5. The number of hydrogen-bond donors (Lipinski definition) is 1. The first-order chi connectivity index (χ1) is 6.40. The second-order valence-electron chi connectivity index (χ2n) is 4.68. The Kier molecular flexibility index (Phi) is 3.23. The molecule has 0 radical (unpaired) electrons. The highest BCUT2D eigenvalue weighted by atomic mass is 15.2. The average Bonchev–Trinajstić information content (AvgIpc) is 2.71. The summed E-state index contributed by atoms with van der Waals surface area (Å²) in [4.78, 5) is 2.70. The van der Waals surface area contributed by atoms with Crippen LogP contribution in [0.1, 0.15) is 38.5 Å². The summed E-state index contributed by atoms with van der Waals surface area (Å²) < 4.78 is 0. The van der Waals surface area contributed by atoms with Crippen molar-refractivity contribution in [2.45, 2.75) is 44.6 Å². The van der Waals surface area contributed by atoms with E-state index < -0.39 is 0 Å². The SMILES string of the molecule is NCC1CCCN(C2CCCC2)C1. The van der Waals surface area contributed by atoms with E-state index in [0.717, 1.165) is 18.5 Å². The summed E-state index contributed by atoms with van der Waals surface area (Å²) >= 11 is 0. The molecular weight excluding hydrogens is 160 g/mol. The number of hydrogen-bond acceptors (Lipinski definition) is 2. The molecule has 1 saturated heterocycles. The molecule has 2 fully saturated rings. The average molecular weight is 182 g/mol. The summed E-state index contributed by atoms with van der Waals surface area (Å²) in [5.41, 5.74) is 5.74. The molecule has 1 aliphatic heterocycles. The maximum Gasteiger partial charge on any atom is 0.00953 e. The van der Waals surface area contributed by atoms with Gasteiger partial charge in [-0.15, -0.1) is 0 Å². The van der Waals surface area contributed by atoms with E-state index in [9.17, 15) is 0 Å². The third-order valence-corrected chi connectivity index (χ3v) is 3.72. The number of nitrogens with zero attached hydrogens (tertiary/aromatic N) is 1. The lowest BCUT2D eigenvalue weighted by Crippen LogP contribution is -2.43. The zero-order valence-corrected chi connectivity index (χ0v) is 8.54. The Morgan fingerprint density at radius 2 is 1.85 bits per heavy atom. The van der Waals surface area contributed by atoms with Gasteiger partial charge in [0.05, 0.1) is 0 Å². The molecule has 0 aromatic rings. The smallest absolute Gasteiger partial charge is 0.00953 e. The molecule has 76 valence electrons. The van der Waals surface area contributed by atoms with E-state index in [-0.39, 0.29) is 0 Å². The van der Waals surface area contributed by atoms with Crippen molar-refractivity contribution in [1.82, 2.24) is 4.90 Å². The van der Waals surface area contributed by atoms with Gasteiger partial charge in [-0.1, -0.05) is 12.8 Å². The zero-order chi connectivity index (χ0) is 9.10. The fourth-order valence-corrected chi connectivity index (χ4v) is 2.89. The summed E-state index contributed by atoms with van der Waals surface area (Å²) in [5, 5.41) is 0. The molecule has 1 heterocycles. The predicted molar refractivity (Wildman–Crippen MR) is 55.6 cm³/mol. The zero-order valence-electron chi connectivity index (χ0n) is 8.54. The Balaban J connectivity index is 1.84. The molecule has 13 heavy (non-hydrogen) atoms. The Bertz CT molecular complexity index is 152. The molecule has 0 bridgehead atoms. The van der Waals surface area contributed by atoms with Crippen LogP contribution in [0.3, 0.4) is 0 Å². The highest BCUT2D eigenvalue weighted by molar-refractivity contribution is 4.82. The van der Waals surface area contributed by atoms with Crippen LogP contribution in [0, 0.1) is 5.92 Å². The largest absolute Gasteiger partial charge is 0.330 e. The third-order valence-electron chi connectivity index (χ3n) is 3.72. The monoisotopic (exact) mass is 182 g/mol. The predicted octanol–water partition coefficient (Wildman–Crippen LogP) is 1.60. The minimum atomic E-state index is 0.786. The van der Waals surface area contributed by atoms with Gasteiger partial charge in [0, 0.05) is 12.6 Å². The molecule has 1 atom stereocenters. The van der Waals surface area contributed by atoms with Gasteiger partial charge < -0.3 is 10.6 Å². The Morgan fingerprint density at radius 1 is 1.08 bits per heavy atom. The van der Waals surface area contributed by atoms with Crippen LogP contribution in [-0.2, 0) is 0 Å². The van der Waals surface area contributed by atoms with Gasteiger partial charge in [0.1, 0.15) is 0 Å². The van der Waals surface area contributed by atoms with Crippen molar-refractivity contribution >= 4 is 0 Å². The fraction of sp³-hybridized carbons (Fsp3) is 1.00. The first kappa shape index (κ1) is 9.47. The van der Waals surface area contributed by atoms with Crippen molar-refractivity contribution in [3.05, 3.63) is 0 Å². The minimum absolute atomic E-state index is 0.786. The van der Waals surface area contributed by atoms with Gasteiger partial charge in [0.25, 0.3) is 0 Å². The lowest BCUT2D eigenvalue weighted by Gasteiger charge is -2.36. The highest BCUT2D eigenvalue weighted by Gasteiger charge is 2.26. The number of likely N-dealkylation sites (tertiary alicyclic amines) is 1. The van der Waals surface area contributed by atoms with E-state index in [2.05, 4.69) is 4.90 Å². The molecule has 0 amide bonds. The van der Waals surface area contributed by atoms with Gasteiger partial charge >= 0.3 is 0 Å². The molecule has 2 nitrogen and oxygen atoms in total.